The Balaban J connectivity index is 0.00000481. The summed E-state index contributed by atoms with van der Waals surface area (Å²) >= 11 is 4.96. The Morgan fingerprint density at radius 1 is 0.946 bits per heavy atom. The van der Waals surface area contributed by atoms with Gasteiger partial charge in [0, 0.05) is 36.2 Å². The molecule has 2 aromatic carbocycles. The first kappa shape index (κ1) is 31.7. The maximum absolute atomic E-state index is 13.6. The number of amides is 1. The maximum Gasteiger partial charge on any atom is 0.260 e. The van der Waals surface area contributed by atoms with Gasteiger partial charge in [-0.3, -0.25) is 9.69 Å². The van der Waals surface area contributed by atoms with E-state index in [9.17, 15) is 13.2 Å². The lowest BCUT2D eigenvalue weighted by Crippen LogP contribution is -2.37. The highest BCUT2D eigenvalue weighted by Gasteiger charge is 2.25. The number of anilines is 1. The normalized spacial score (nSPS) is 11.8. The smallest absolute Gasteiger partial charge is 0.260 e. The summed E-state index contributed by atoms with van der Waals surface area (Å²) in [4.78, 5) is 22.2. The fourth-order valence-electron chi connectivity index (χ4n) is 3.68. The molecule has 1 amide bonds. The molecule has 0 saturated carbocycles. The summed E-state index contributed by atoms with van der Waals surface area (Å²) in [5, 5.41) is 0.622. The lowest BCUT2D eigenvalue weighted by Gasteiger charge is -2.23. The molecule has 0 aliphatic rings. The molecule has 1 aromatic heterocycles. The van der Waals surface area contributed by atoms with E-state index in [2.05, 4.69) is 29.8 Å². The van der Waals surface area contributed by atoms with Crippen LogP contribution in [0.4, 0.5) is 5.13 Å². The Labute approximate surface area is 239 Å². The molecule has 0 radical (unpaired) electrons. The standard InChI is InChI=1S/C26H35BrN4O3S2.ClH/c1-5-7-15-30(16-8-6-2)36(33,34)22-12-9-20(10-13-22)25(32)31(18-17-29(3)4)26-28-23-14-11-21(27)19-24(23)35-26;/h9-14,19H,5-8,15-18H2,1-4H3;1H. The minimum absolute atomic E-state index is 0. The minimum Gasteiger partial charge on any atom is -0.308 e. The predicted octanol–water partition coefficient (Wildman–Crippen LogP) is 6.28. The van der Waals surface area contributed by atoms with E-state index >= 15 is 0 Å². The predicted molar refractivity (Wildman–Crippen MR) is 160 cm³/mol. The highest BCUT2D eigenvalue weighted by Crippen LogP contribution is 2.32. The molecule has 0 aliphatic heterocycles. The van der Waals surface area contributed by atoms with Crippen LogP contribution in [0.15, 0.2) is 51.8 Å². The third-order valence-electron chi connectivity index (χ3n) is 5.85. The van der Waals surface area contributed by atoms with Crippen molar-refractivity contribution in [3.63, 3.8) is 0 Å². The molecule has 0 saturated heterocycles. The first-order valence-corrected chi connectivity index (χ1v) is 15.3. The number of sulfonamides is 1. The zero-order valence-corrected chi connectivity index (χ0v) is 25.9. The van der Waals surface area contributed by atoms with E-state index in [1.54, 1.807) is 33.5 Å². The second-order valence-corrected chi connectivity index (χ2v) is 12.9. The number of carbonyl (C=O) groups is 1. The molecular formula is C26H36BrClN4O3S2. The van der Waals surface area contributed by atoms with E-state index in [1.807, 2.05) is 37.2 Å². The van der Waals surface area contributed by atoms with Gasteiger partial charge in [-0.2, -0.15) is 4.31 Å². The molecule has 0 atom stereocenters. The molecule has 0 spiro atoms. The third kappa shape index (κ3) is 8.21. The Morgan fingerprint density at radius 3 is 2.14 bits per heavy atom. The number of hydrogen-bond acceptors (Lipinski definition) is 6. The highest BCUT2D eigenvalue weighted by molar-refractivity contribution is 9.10. The van der Waals surface area contributed by atoms with Gasteiger partial charge in [-0.05, 0) is 69.4 Å². The van der Waals surface area contributed by atoms with Crippen LogP contribution in [0, 0.1) is 0 Å². The summed E-state index contributed by atoms with van der Waals surface area (Å²) in [5.41, 5.74) is 1.27. The first-order chi connectivity index (χ1) is 17.2. The van der Waals surface area contributed by atoms with E-state index < -0.39 is 10.0 Å². The van der Waals surface area contributed by atoms with Crippen LogP contribution in [-0.4, -0.2) is 68.8 Å². The molecular weight excluding hydrogens is 596 g/mol. The molecule has 3 rings (SSSR count). The van der Waals surface area contributed by atoms with Gasteiger partial charge < -0.3 is 4.90 Å². The number of carbonyl (C=O) groups excluding carboxylic acids is 1. The molecule has 11 heteroatoms. The molecule has 0 aliphatic carbocycles. The number of hydrogen-bond donors (Lipinski definition) is 0. The van der Waals surface area contributed by atoms with Crippen LogP contribution in [0.5, 0.6) is 0 Å². The second kappa shape index (κ2) is 14.6. The van der Waals surface area contributed by atoms with Gasteiger partial charge in [-0.25, -0.2) is 13.4 Å². The number of likely N-dealkylation sites (N-methyl/N-ethyl adjacent to an activating group) is 1. The molecule has 7 nitrogen and oxygen atoms in total. The quantitative estimate of drug-likeness (QED) is 0.222. The summed E-state index contributed by atoms with van der Waals surface area (Å²) in [5.74, 6) is -0.201. The van der Waals surface area contributed by atoms with Crippen LogP contribution in [0.1, 0.15) is 49.9 Å². The van der Waals surface area contributed by atoms with Crippen LogP contribution in [-0.2, 0) is 10.0 Å². The SMILES string of the molecule is CCCCN(CCCC)S(=O)(=O)c1ccc(C(=O)N(CCN(C)C)c2nc3ccc(Br)cc3s2)cc1.Cl. The summed E-state index contributed by atoms with van der Waals surface area (Å²) < 4.78 is 30.1. The van der Waals surface area contributed by atoms with Crippen molar-refractivity contribution in [2.75, 3.05) is 45.2 Å². The number of thiazole rings is 1. The van der Waals surface area contributed by atoms with Crippen LogP contribution < -0.4 is 4.90 Å². The molecule has 0 unspecified atom stereocenters. The lowest BCUT2D eigenvalue weighted by atomic mass is 10.2. The van der Waals surface area contributed by atoms with Crippen molar-refractivity contribution in [3.05, 3.63) is 52.5 Å². The number of benzene rings is 2. The van der Waals surface area contributed by atoms with Gasteiger partial charge >= 0.3 is 0 Å². The van der Waals surface area contributed by atoms with E-state index in [-0.39, 0.29) is 23.2 Å². The first-order valence-electron chi connectivity index (χ1n) is 12.3. The molecule has 3 aromatic rings. The van der Waals surface area contributed by atoms with E-state index in [4.69, 9.17) is 4.98 Å². The zero-order valence-electron chi connectivity index (χ0n) is 21.8. The molecule has 1 heterocycles. The molecule has 0 fully saturated rings. The Bertz CT molecular complexity index is 1260. The van der Waals surface area contributed by atoms with Crippen molar-refractivity contribution < 1.29 is 13.2 Å². The number of aromatic nitrogens is 1. The maximum atomic E-state index is 13.6. The van der Waals surface area contributed by atoms with E-state index in [1.165, 1.54) is 11.3 Å². The Morgan fingerprint density at radius 2 is 1.57 bits per heavy atom. The summed E-state index contributed by atoms with van der Waals surface area (Å²) in [6.07, 6.45) is 3.49. The number of fused-ring (bicyclic) bond motifs is 1. The van der Waals surface area contributed by atoms with Crippen molar-refractivity contribution in [1.82, 2.24) is 14.2 Å². The summed E-state index contributed by atoms with van der Waals surface area (Å²) in [7, 11) is 0.302. The van der Waals surface area contributed by atoms with Crippen LogP contribution in [0.3, 0.4) is 0 Å². The summed E-state index contributed by atoms with van der Waals surface area (Å²) in [6, 6.07) is 12.2. The van der Waals surface area contributed by atoms with Crippen molar-refractivity contribution in [2.45, 2.75) is 44.4 Å². The zero-order chi connectivity index (χ0) is 26.3. The van der Waals surface area contributed by atoms with Crippen LogP contribution >= 0.6 is 39.7 Å². The summed E-state index contributed by atoms with van der Waals surface area (Å²) in [6.45, 7) is 6.25. The fourth-order valence-corrected chi connectivity index (χ4v) is 6.74. The van der Waals surface area contributed by atoms with Gasteiger partial charge in [0.1, 0.15) is 0 Å². The lowest BCUT2D eigenvalue weighted by molar-refractivity contribution is 0.0985. The van der Waals surface area contributed by atoms with Gasteiger partial charge in [0.15, 0.2) is 5.13 Å². The molecule has 0 bridgehead atoms. The Kier molecular flexibility index (Phi) is 12.5. The van der Waals surface area contributed by atoms with Crippen molar-refractivity contribution in [2.24, 2.45) is 0 Å². The van der Waals surface area contributed by atoms with Crippen molar-refractivity contribution in [3.8, 4) is 0 Å². The fraction of sp³-hybridized carbons (Fsp3) is 0.462. The monoisotopic (exact) mass is 630 g/mol. The highest BCUT2D eigenvalue weighted by atomic mass is 79.9. The minimum atomic E-state index is -3.62. The number of halogens is 2. The van der Waals surface area contributed by atoms with Gasteiger partial charge in [0.2, 0.25) is 10.0 Å². The second-order valence-electron chi connectivity index (χ2n) is 9.00. The number of unbranched alkanes of at least 4 members (excludes halogenated alkanes) is 2. The average Bonchev–Trinajstić information content (AvgIpc) is 3.26. The van der Waals surface area contributed by atoms with Crippen molar-refractivity contribution >= 4 is 71.0 Å². The van der Waals surface area contributed by atoms with Crippen LogP contribution in [0.2, 0.25) is 0 Å². The third-order valence-corrected chi connectivity index (χ3v) is 9.29. The van der Waals surface area contributed by atoms with Crippen molar-refractivity contribution in [1.29, 1.82) is 0 Å². The molecule has 37 heavy (non-hydrogen) atoms. The van der Waals surface area contributed by atoms with Gasteiger partial charge in [0.25, 0.3) is 5.91 Å². The largest absolute Gasteiger partial charge is 0.308 e. The number of rotatable bonds is 13. The van der Waals surface area contributed by atoms with Gasteiger partial charge in [0.05, 0.1) is 15.1 Å². The van der Waals surface area contributed by atoms with E-state index in [0.29, 0.717) is 36.9 Å². The topological polar surface area (TPSA) is 73.8 Å². The molecule has 0 N–H and O–H groups in total. The average molecular weight is 632 g/mol. The van der Waals surface area contributed by atoms with Gasteiger partial charge in [-0.1, -0.05) is 54.0 Å². The van der Waals surface area contributed by atoms with Crippen LogP contribution in [0.25, 0.3) is 10.2 Å². The van der Waals surface area contributed by atoms with E-state index in [0.717, 1.165) is 40.4 Å². The van der Waals surface area contributed by atoms with Gasteiger partial charge in [-0.15, -0.1) is 12.4 Å². The molecule has 204 valence electrons. The Hall–Kier alpha value is -1.56. The number of nitrogens with zero attached hydrogens (tertiary/aromatic N) is 4.